The summed E-state index contributed by atoms with van der Waals surface area (Å²) in [6.45, 7) is 2.60. The predicted octanol–water partition coefficient (Wildman–Crippen LogP) is 1.99. The third kappa shape index (κ3) is 3.97. The van der Waals surface area contributed by atoms with Crippen LogP contribution in [0.2, 0.25) is 0 Å². The first-order chi connectivity index (χ1) is 9.80. The van der Waals surface area contributed by atoms with Gasteiger partial charge in [0.05, 0.1) is 5.69 Å². The second kappa shape index (κ2) is 6.64. The van der Waals surface area contributed by atoms with E-state index in [0.717, 1.165) is 30.4 Å². The molecule has 0 aromatic heterocycles. The fraction of sp³-hybridized carbons (Fsp3) is 0.571. The van der Waals surface area contributed by atoms with Crippen LogP contribution in [0.4, 0.5) is 5.69 Å². The van der Waals surface area contributed by atoms with E-state index in [1.54, 1.807) is 25.2 Å². The Morgan fingerprint density at radius 2 is 2.00 bits per heavy atom. The number of hydrogen-bond donors (Lipinski definition) is 1. The van der Waals surface area contributed by atoms with E-state index >= 15 is 0 Å². The maximum atomic E-state index is 12.6. The van der Waals surface area contributed by atoms with E-state index in [1.807, 2.05) is 0 Å². The van der Waals surface area contributed by atoms with E-state index in [2.05, 4.69) is 27.9 Å². The molecule has 1 heterocycles. The Balaban J connectivity index is 2.11. The summed E-state index contributed by atoms with van der Waals surface area (Å²) in [5, 5.41) is 0. The van der Waals surface area contributed by atoms with Crippen molar-refractivity contribution < 1.29 is 8.42 Å². The molecule has 5 nitrogen and oxygen atoms in total. The van der Waals surface area contributed by atoms with E-state index < -0.39 is 10.0 Å². The van der Waals surface area contributed by atoms with Crippen LogP contribution in [0.3, 0.4) is 0 Å². The number of nitrogens with two attached hydrogens (primary N) is 1. The van der Waals surface area contributed by atoms with Crippen LogP contribution in [0.15, 0.2) is 27.6 Å². The van der Waals surface area contributed by atoms with Crippen molar-refractivity contribution in [2.45, 2.75) is 17.7 Å². The number of sulfonamides is 1. The van der Waals surface area contributed by atoms with Gasteiger partial charge >= 0.3 is 0 Å². The molecule has 1 saturated heterocycles. The molecule has 0 saturated carbocycles. The first kappa shape index (κ1) is 16.7. The lowest BCUT2D eigenvalue weighted by atomic mass is 9.97. The summed E-state index contributed by atoms with van der Waals surface area (Å²) in [6.07, 6.45) is 2.07. The maximum Gasteiger partial charge on any atom is 0.244 e. The van der Waals surface area contributed by atoms with E-state index in [0.29, 0.717) is 12.5 Å². The molecule has 1 aliphatic heterocycles. The highest BCUT2D eigenvalue weighted by Crippen LogP contribution is 2.26. The van der Waals surface area contributed by atoms with E-state index in [1.165, 1.54) is 4.31 Å². The van der Waals surface area contributed by atoms with Crippen LogP contribution in [0.25, 0.3) is 0 Å². The van der Waals surface area contributed by atoms with Crippen molar-refractivity contribution in [2.75, 3.05) is 39.5 Å². The summed E-state index contributed by atoms with van der Waals surface area (Å²) in [5.41, 5.74) is 6.13. The molecule has 0 bridgehead atoms. The Kier molecular flexibility index (Phi) is 5.29. The SMILES string of the molecule is CN1CCC(CN(C)S(=O)(=O)c2ccc(Br)cc2N)CC1. The number of likely N-dealkylation sites (tertiary alicyclic amines) is 1. The molecule has 1 fully saturated rings. The van der Waals surface area contributed by atoms with Gasteiger partial charge in [-0.25, -0.2) is 12.7 Å². The van der Waals surface area contributed by atoms with Crippen LogP contribution >= 0.6 is 15.9 Å². The Hall–Kier alpha value is -0.630. The molecule has 2 N–H and O–H groups in total. The molecule has 1 aromatic carbocycles. The number of rotatable bonds is 4. The minimum Gasteiger partial charge on any atom is -0.398 e. The normalized spacial score (nSPS) is 18.3. The molecular formula is C14H22BrN3O2S. The Bertz CT molecular complexity index is 598. The molecular weight excluding hydrogens is 354 g/mol. The van der Waals surface area contributed by atoms with Crippen molar-refractivity contribution in [2.24, 2.45) is 5.92 Å². The second-order valence-corrected chi connectivity index (χ2v) is 8.64. The third-order valence-corrected chi connectivity index (χ3v) is 6.40. The van der Waals surface area contributed by atoms with Crippen LogP contribution in [0, 0.1) is 5.92 Å². The molecule has 2 rings (SSSR count). The highest BCUT2D eigenvalue weighted by Gasteiger charge is 2.27. The molecule has 0 amide bonds. The van der Waals surface area contributed by atoms with Gasteiger partial charge in [0.2, 0.25) is 10.0 Å². The van der Waals surface area contributed by atoms with Crippen LogP contribution in [0.1, 0.15) is 12.8 Å². The van der Waals surface area contributed by atoms with Crippen molar-refractivity contribution in [1.82, 2.24) is 9.21 Å². The van der Waals surface area contributed by atoms with Gasteiger partial charge in [0, 0.05) is 18.1 Å². The average molecular weight is 376 g/mol. The Morgan fingerprint density at radius 3 is 2.57 bits per heavy atom. The molecule has 0 unspecified atom stereocenters. The summed E-state index contributed by atoms with van der Waals surface area (Å²) >= 11 is 3.29. The predicted molar refractivity (Wildman–Crippen MR) is 88.6 cm³/mol. The highest BCUT2D eigenvalue weighted by atomic mass is 79.9. The first-order valence-corrected chi connectivity index (χ1v) is 9.24. The van der Waals surface area contributed by atoms with Crippen molar-refractivity contribution in [3.8, 4) is 0 Å². The fourth-order valence-corrected chi connectivity index (χ4v) is 4.35. The van der Waals surface area contributed by atoms with Gasteiger partial charge in [0.25, 0.3) is 0 Å². The van der Waals surface area contributed by atoms with Crippen LogP contribution in [-0.4, -0.2) is 51.4 Å². The van der Waals surface area contributed by atoms with Crippen LogP contribution in [0.5, 0.6) is 0 Å². The van der Waals surface area contributed by atoms with Gasteiger partial charge in [0.1, 0.15) is 4.90 Å². The highest BCUT2D eigenvalue weighted by molar-refractivity contribution is 9.10. The molecule has 0 radical (unpaired) electrons. The zero-order valence-corrected chi connectivity index (χ0v) is 14.8. The van der Waals surface area contributed by atoms with Crippen LogP contribution in [-0.2, 0) is 10.0 Å². The summed E-state index contributed by atoms with van der Waals surface area (Å²) in [5.74, 6) is 0.414. The lowest BCUT2D eigenvalue weighted by Gasteiger charge is -2.31. The monoisotopic (exact) mass is 375 g/mol. The molecule has 1 aromatic rings. The largest absolute Gasteiger partial charge is 0.398 e. The second-order valence-electron chi connectivity index (χ2n) is 5.71. The zero-order valence-electron chi connectivity index (χ0n) is 12.4. The summed E-state index contributed by atoms with van der Waals surface area (Å²) in [6, 6.07) is 4.88. The number of nitrogens with zero attached hydrogens (tertiary/aromatic N) is 2. The van der Waals surface area contributed by atoms with Crippen molar-refractivity contribution in [1.29, 1.82) is 0 Å². The van der Waals surface area contributed by atoms with E-state index in [9.17, 15) is 8.42 Å². The standard InChI is InChI=1S/C14H22BrN3O2S/c1-17-7-5-11(6-8-17)10-18(2)21(19,20)14-4-3-12(15)9-13(14)16/h3-4,9,11H,5-8,10,16H2,1-2H3. The lowest BCUT2D eigenvalue weighted by Crippen LogP contribution is -2.38. The van der Waals surface area contributed by atoms with Crippen molar-refractivity contribution in [3.05, 3.63) is 22.7 Å². The first-order valence-electron chi connectivity index (χ1n) is 7.00. The van der Waals surface area contributed by atoms with Gasteiger partial charge in [-0.1, -0.05) is 15.9 Å². The van der Waals surface area contributed by atoms with Gasteiger partial charge in [-0.15, -0.1) is 0 Å². The molecule has 0 aliphatic carbocycles. The number of anilines is 1. The van der Waals surface area contributed by atoms with Crippen molar-refractivity contribution >= 4 is 31.6 Å². The molecule has 7 heteroatoms. The minimum absolute atomic E-state index is 0.182. The number of benzene rings is 1. The molecule has 1 aliphatic rings. The summed E-state index contributed by atoms with van der Waals surface area (Å²) in [4.78, 5) is 2.46. The summed E-state index contributed by atoms with van der Waals surface area (Å²) in [7, 11) is 0.205. The summed E-state index contributed by atoms with van der Waals surface area (Å²) < 4.78 is 27.5. The topological polar surface area (TPSA) is 66.6 Å². The van der Waals surface area contributed by atoms with Gasteiger partial charge in [-0.05, 0) is 57.1 Å². The van der Waals surface area contributed by atoms with Gasteiger partial charge in [-0.2, -0.15) is 0 Å². The Morgan fingerprint density at radius 1 is 1.38 bits per heavy atom. The maximum absolute atomic E-state index is 12.6. The number of nitrogen functional groups attached to an aromatic ring is 1. The van der Waals surface area contributed by atoms with Crippen LogP contribution < -0.4 is 5.73 Å². The molecule has 0 atom stereocenters. The van der Waals surface area contributed by atoms with Gasteiger partial charge < -0.3 is 10.6 Å². The number of piperidine rings is 1. The number of hydrogen-bond acceptors (Lipinski definition) is 4. The van der Waals surface area contributed by atoms with Gasteiger partial charge in [-0.3, -0.25) is 0 Å². The van der Waals surface area contributed by atoms with Crippen molar-refractivity contribution in [3.63, 3.8) is 0 Å². The smallest absolute Gasteiger partial charge is 0.244 e. The minimum atomic E-state index is -3.53. The van der Waals surface area contributed by atoms with E-state index in [-0.39, 0.29) is 10.6 Å². The lowest BCUT2D eigenvalue weighted by molar-refractivity contribution is 0.202. The molecule has 118 valence electrons. The number of halogens is 1. The fourth-order valence-electron chi connectivity index (χ4n) is 2.63. The third-order valence-electron chi connectivity index (χ3n) is 4.01. The molecule has 0 spiro atoms. The van der Waals surface area contributed by atoms with Gasteiger partial charge in [0.15, 0.2) is 0 Å². The quantitative estimate of drug-likeness (QED) is 0.817. The molecule has 21 heavy (non-hydrogen) atoms. The van der Waals surface area contributed by atoms with E-state index in [4.69, 9.17) is 5.73 Å². The Labute approximate surface area is 135 Å². The zero-order chi connectivity index (χ0) is 15.6. The average Bonchev–Trinajstić information content (AvgIpc) is 2.40.